The van der Waals surface area contributed by atoms with Crippen LogP contribution in [0.3, 0.4) is 0 Å². The molecule has 0 saturated carbocycles. The lowest BCUT2D eigenvalue weighted by atomic mass is 10.1. The normalized spacial score (nSPS) is 15.6. The molecule has 0 radical (unpaired) electrons. The van der Waals surface area contributed by atoms with Crippen molar-refractivity contribution in [3.05, 3.63) is 64.7 Å². The van der Waals surface area contributed by atoms with Crippen LogP contribution in [0.15, 0.2) is 48.5 Å². The molecule has 1 unspecified atom stereocenters. The summed E-state index contributed by atoms with van der Waals surface area (Å²) in [7, 11) is 1.48. The number of ketones is 1. The van der Waals surface area contributed by atoms with Crippen molar-refractivity contribution in [3.8, 4) is 5.75 Å². The van der Waals surface area contributed by atoms with E-state index in [1.54, 1.807) is 36.4 Å². The molecule has 1 atom stereocenters. The van der Waals surface area contributed by atoms with E-state index in [2.05, 4.69) is 5.43 Å². The van der Waals surface area contributed by atoms with Crippen LogP contribution in [0, 0.1) is 5.92 Å². The van der Waals surface area contributed by atoms with Crippen molar-refractivity contribution in [1.82, 2.24) is 10.4 Å². The number of carbonyl (C=O) groups excluding carboxylic acids is 4. The lowest BCUT2D eigenvalue weighted by molar-refractivity contribution is -0.147. The second-order valence-corrected chi connectivity index (χ2v) is 7.05. The molecule has 9 heteroatoms. The second-order valence-electron chi connectivity index (χ2n) is 6.62. The van der Waals surface area contributed by atoms with Crippen molar-refractivity contribution in [2.75, 3.05) is 20.3 Å². The first kappa shape index (κ1) is 21.3. The van der Waals surface area contributed by atoms with E-state index in [1.165, 1.54) is 19.2 Å². The van der Waals surface area contributed by atoms with Gasteiger partial charge >= 0.3 is 5.97 Å². The Morgan fingerprint density at radius 3 is 2.57 bits per heavy atom. The number of nitrogens with zero attached hydrogens (tertiary/aromatic N) is 1. The van der Waals surface area contributed by atoms with Crippen LogP contribution >= 0.6 is 11.6 Å². The summed E-state index contributed by atoms with van der Waals surface area (Å²) in [5.74, 6) is -2.25. The van der Waals surface area contributed by atoms with Crippen LogP contribution in [0.2, 0.25) is 5.02 Å². The lowest BCUT2D eigenvalue weighted by Crippen LogP contribution is -2.43. The Bertz CT molecular complexity index is 976. The van der Waals surface area contributed by atoms with Crippen LogP contribution in [-0.2, 0) is 14.3 Å². The fourth-order valence-corrected chi connectivity index (χ4v) is 3.02. The van der Waals surface area contributed by atoms with Gasteiger partial charge in [-0.25, -0.2) is 0 Å². The van der Waals surface area contributed by atoms with Crippen LogP contribution in [0.4, 0.5) is 0 Å². The number of halogens is 1. The van der Waals surface area contributed by atoms with Crippen LogP contribution in [0.5, 0.6) is 5.75 Å². The number of carbonyl (C=O) groups is 4. The number of ether oxygens (including phenoxy) is 2. The monoisotopic (exact) mass is 430 g/mol. The van der Waals surface area contributed by atoms with Gasteiger partial charge in [-0.05, 0) is 36.4 Å². The van der Waals surface area contributed by atoms with E-state index in [9.17, 15) is 19.2 Å². The SMILES string of the molecule is COc1cccc(C(=O)COC(=O)C2CC(=O)N(NC(=O)c3ccc(Cl)cc3)C2)c1. The van der Waals surface area contributed by atoms with E-state index in [0.29, 0.717) is 21.9 Å². The Labute approximate surface area is 177 Å². The standard InChI is InChI=1S/C21H19ClN2O6/c1-29-17-4-2-3-14(9-17)18(25)12-30-21(28)15-10-19(26)24(11-15)23-20(27)13-5-7-16(22)8-6-13/h2-9,15H,10-12H2,1H3,(H,23,27). The molecule has 2 aromatic carbocycles. The molecule has 30 heavy (non-hydrogen) atoms. The molecule has 1 heterocycles. The number of esters is 1. The maximum absolute atomic E-state index is 12.3. The largest absolute Gasteiger partial charge is 0.497 e. The minimum absolute atomic E-state index is 0.0374. The zero-order valence-electron chi connectivity index (χ0n) is 16.1. The maximum atomic E-state index is 12.3. The average molecular weight is 431 g/mol. The highest BCUT2D eigenvalue weighted by atomic mass is 35.5. The summed E-state index contributed by atoms with van der Waals surface area (Å²) in [5.41, 5.74) is 3.14. The van der Waals surface area contributed by atoms with Gasteiger partial charge in [0.1, 0.15) is 5.75 Å². The van der Waals surface area contributed by atoms with E-state index in [4.69, 9.17) is 21.1 Å². The second kappa shape index (κ2) is 9.41. The lowest BCUT2D eigenvalue weighted by Gasteiger charge is -2.17. The Morgan fingerprint density at radius 1 is 1.13 bits per heavy atom. The summed E-state index contributed by atoms with van der Waals surface area (Å²) in [6, 6.07) is 12.6. The van der Waals surface area contributed by atoms with E-state index in [-0.39, 0.29) is 18.7 Å². The molecule has 1 aliphatic rings. The van der Waals surface area contributed by atoms with E-state index >= 15 is 0 Å². The number of Topliss-reactive ketones (excluding diaryl/α,β-unsaturated/α-hetero) is 1. The molecular weight excluding hydrogens is 412 g/mol. The number of nitrogens with one attached hydrogen (secondary N) is 1. The molecule has 0 aromatic heterocycles. The number of rotatable bonds is 7. The highest BCUT2D eigenvalue weighted by molar-refractivity contribution is 6.30. The minimum Gasteiger partial charge on any atom is -0.497 e. The molecule has 156 valence electrons. The van der Waals surface area contributed by atoms with Crippen LogP contribution in [0.1, 0.15) is 27.1 Å². The number of hydrogen-bond acceptors (Lipinski definition) is 6. The summed E-state index contributed by atoms with van der Waals surface area (Å²) in [6.45, 7) is -0.488. The summed E-state index contributed by atoms with van der Waals surface area (Å²) < 4.78 is 10.1. The van der Waals surface area contributed by atoms with Crippen LogP contribution in [0.25, 0.3) is 0 Å². The van der Waals surface area contributed by atoms with Crippen molar-refractivity contribution in [2.24, 2.45) is 5.92 Å². The highest BCUT2D eigenvalue weighted by Gasteiger charge is 2.36. The zero-order valence-corrected chi connectivity index (χ0v) is 16.8. The molecular formula is C21H19ClN2O6. The third-order valence-electron chi connectivity index (χ3n) is 4.54. The predicted molar refractivity (Wildman–Crippen MR) is 107 cm³/mol. The van der Waals surface area contributed by atoms with Crippen molar-refractivity contribution < 1.29 is 28.7 Å². The van der Waals surface area contributed by atoms with Gasteiger partial charge in [0.25, 0.3) is 5.91 Å². The van der Waals surface area contributed by atoms with Gasteiger partial charge in [-0.3, -0.25) is 29.6 Å². The fourth-order valence-electron chi connectivity index (χ4n) is 2.90. The topological polar surface area (TPSA) is 102 Å². The maximum Gasteiger partial charge on any atom is 0.311 e. The quantitative estimate of drug-likeness (QED) is 0.534. The van der Waals surface area contributed by atoms with Crippen molar-refractivity contribution in [2.45, 2.75) is 6.42 Å². The first-order valence-corrected chi connectivity index (χ1v) is 9.46. The van der Waals surface area contributed by atoms with Crippen molar-refractivity contribution in [3.63, 3.8) is 0 Å². The molecule has 1 saturated heterocycles. The first-order valence-electron chi connectivity index (χ1n) is 9.08. The average Bonchev–Trinajstić information content (AvgIpc) is 3.12. The molecule has 1 fully saturated rings. The van der Waals surface area contributed by atoms with Gasteiger partial charge in [0.05, 0.1) is 19.6 Å². The van der Waals surface area contributed by atoms with Gasteiger partial charge in [0.2, 0.25) is 5.91 Å². The fraction of sp³-hybridized carbons (Fsp3) is 0.238. The Kier molecular flexibility index (Phi) is 6.68. The number of amides is 2. The number of methoxy groups -OCH3 is 1. The van der Waals surface area contributed by atoms with Gasteiger partial charge in [-0.15, -0.1) is 0 Å². The summed E-state index contributed by atoms with van der Waals surface area (Å²) >= 11 is 5.79. The molecule has 1 N–H and O–H groups in total. The third kappa shape index (κ3) is 5.15. The third-order valence-corrected chi connectivity index (χ3v) is 4.79. The first-order chi connectivity index (χ1) is 14.4. The molecule has 8 nitrogen and oxygen atoms in total. The van der Waals surface area contributed by atoms with Gasteiger partial charge in [0.15, 0.2) is 12.4 Å². The van der Waals surface area contributed by atoms with Gasteiger partial charge in [-0.2, -0.15) is 0 Å². The van der Waals surface area contributed by atoms with Crippen LogP contribution in [-0.4, -0.2) is 48.8 Å². The Balaban J connectivity index is 1.52. The summed E-state index contributed by atoms with van der Waals surface area (Å²) in [6.07, 6.45) is -0.118. The summed E-state index contributed by atoms with van der Waals surface area (Å²) in [4.78, 5) is 48.9. The molecule has 0 aliphatic carbocycles. The molecule has 0 bridgehead atoms. The van der Waals surface area contributed by atoms with E-state index in [0.717, 1.165) is 5.01 Å². The van der Waals surface area contributed by atoms with E-state index in [1.807, 2.05) is 0 Å². The van der Waals surface area contributed by atoms with Gasteiger partial charge in [0, 0.05) is 22.6 Å². The molecule has 2 aromatic rings. The van der Waals surface area contributed by atoms with Gasteiger partial charge in [-0.1, -0.05) is 23.7 Å². The molecule has 2 amide bonds. The molecule has 0 spiro atoms. The van der Waals surface area contributed by atoms with E-state index < -0.39 is 30.3 Å². The minimum atomic E-state index is -0.777. The number of benzene rings is 2. The predicted octanol–water partition coefficient (Wildman–Crippen LogP) is 2.27. The summed E-state index contributed by atoms with van der Waals surface area (Å²) in [5, 5.41) is 1.56. The van der Waals surface area contributed by atoms with Crippen LogP contribution < -0.4 is 10.2 Å². The number of hydrogen-bond donors (Lipinski definition) is 1. The highest BCUT2D eigenvalue weighted by Crippen LogP contribution is 2.19. The smallest absolute Gasteiger partial charge is 0.311 e. The van der Waals surface area contributed by atoms with Gasteiger partial charge < -0.3 is 9.47 Å². The zero-order chi connectivity index (χ0) is 21.7. The Morgan fingerprint density at radius 2 is 1.87 bits per heavy atom. The van der Waals surface area contributed by atoms with Crippen molar-refractivity contribution >= 4 is 35.2 Å². The Hall–Kier alpha value is -3.39. The van der Waals surface area contributed by atoms with Crippen molar-refractivity contribution in [1.29, 1.82) is 0 Å². The molecule has 1 aliphatic heterocycles. The number of hydrazine groups is 1. The molecule has 3 rings (SSSR count).